The SMILES string of the molecule is Cc1cccc(C2=NC(c3ccccc3)(c3ccccc3)C(c3[nH]c(-c4cccc(C)c4)nc3-c3cccc(C)c3)=C(c3cccc(C)c3)N2)c1. The van der Waals surface area contributed by atoms with Crippen molar-refractivity contribution in [2.24, 2.45) is 4.99 Å². The van der Waals surface area contributed by atoms with Crippen LogP contribution < -0.4 is 5.32 Å². The van der Waals surface area contributed by atoms with Crippen LogP contribution in [0, 0.1) is 27.7 Å². The number of benzene rings is 6. The minimum Gasteiger partial charge on any atom is -0.339 e. The second kappa shape index (κ2) is 13.2. The van der Waals surface area contributed by atoms with Crippen LogP contribution >= 0.6 is 0 Å². The van der Waals surface area contributed by atoms with Crippen LogP contribution in [0.2, 0.25) is 0 Å². The fourth-order valence-corrected chi connectivity index (χ4v) is 7.29. The van der Waals surface area contributed by atoms with Crippen molar-refractivity contribution in [3.8, 4) is 22.6 Å². The van der Waals surface area contributed by atoms with Gasteiger partial charge in [-0.05, 0) is 68.7 Å². The quantitative estimate of drug-likeness (QED) is 0.179. The molecule has 2 N–H and O–H groups in total. The van der Waals surface area contributed by atoms with Crippen molar-refractivity contribution in [1.29, 1.82) is 0 Å². The number of imidazole rings is 1. The van der Waals surface area contributed by atoms with Gasteiger partial charge in [-0.1, -0.05) is 156 Å². The van der Waals surface area contributed by atoms with E-state index in [1.165, 1.54) is 22.3 Å². The Morgan fingerprint density at radius 2 is 0.941 bits per heavy atom. The van der Waals surface area contributed by atoms with Gasteiger partial charge >= 0.3 is 0 Å². The van der Waals surface area contributed by atoms with Crippen molar-refractivity contribution >= 4 is 17.1 Å². The number of H-pyrrole nitrogens is 1. The molecule has 2 heterocycles. The topological polar surface area (TPSA) is 53.1 Å². The Labute approximate surface area is 300 Å². The lowest BCUT2D eigenvalue weighted by Crippen LogP contribution is -2.40. The van der Waals surface area contributed by atoms with Gasteiger partial charge in [-0.25, -0.2) is 9.98 Å². The summed E-state index contributed by atoms with van der Waals surface area (Å²) in [6, 6.07) is 55.9. The maximum absolute atomic E-state index is 5.87. The molecule has 0 spiro atoms. The Hall–Kier alpha value is -6.26. The molecule has 0 atom stereocenters. The van der Waals surface area contributed by atoms with Crippen LogP contribution in [0.1, 0.15) is 50.2 Å². The molecule has 248 valence electrons. The molecule has 4 nitrogen and oxygen atoms in total. The summed E-state index contributed by atoms with van der Waals surface area (Å²) in [6.07, 6.45) is 0. The number of aryl methyl sites for hydroxylation is 4. The molecule has 1 aromatic heterocycles. The molecule has 0 aliphatic carbocycles. The monoisotopic (exact) mass is 660 g/mol. The zero-order chi connectivity index (χ0) is 35.0. The minimum atomic E-state index is -0.971. The van der Waals surface area contributed by atoms with Gasteiger partial charge in [0, 0.05) is 22.3 Å². The van der Waals surface area contributed by atoms with Crippen molar-refractivity contribution in [3.05, 3.63) is 208 Å². The highest BCUT2D eigenvalue weighted by molar-refractivity contribution is 6.13. The minimum absolute atomic E-state index is 0.808. The highest BCUT2D eigenvalue weighted by Crippen LogP contribution is 2.52. The third-order valence-corrected chi connectivity index (χ3v) is 9.65. The van der Waals surface area contributed by atoms with Gasteiger partial charge in [0.05, 0.1) is 17.1 Å². The Bertz CT molecular complexity index is 2390. The summed E-state index contributed by atoms with van der Waals surface area (Å²) in [4.78, 5) is 15.2. The van der Waals surface area contributed by atoms with E-state index in [4.69, 9.17) is 9.98 Å². The number of hydrogen-bond acceptors (Lipinski definition) is 3. The van der Waals surface area contributed by atoms with E-state index in [0.29, 0.717) is 0 Å². The van der Waals surface area contributed by atoms with Gasteiger partial charge in [0.2, 0.25) is 0 Å². The molecule has 1 aliphatic heterocycles. The Morgan fingerprint density at radius 1 is 0.471 bits per heavy atom. The van der Waals surface area contributed by atoms with Crippen LogP contribution in [0.15, 0.2) is 163 Å². The largest absolute Gasteiger partial charge is 0.339 e. The first kappa shape index (κ1) is 32.0. The number of rotatable bonds is 7. The second-order valence-corrected chi connectivity index (χ2v) is 13.6. The van der Waals surface area contributed by atoms with Crippen molar-refractivity contribution in [3.63, 3.8) is 0 Å². The maximum atomic E-state index is 5.87. The first-order valence-electron chi connectivity index (χ1n) is 17.5. The summed E-state index contributed by atoms with van der Waals surface area (Å²) in [5.74, 6) is 1.62. The molecule has 0 saturated heterocycles. The summed E-state index contributed by atoms with van der Waals surface area (Å²) < 4.78 is 0. The summed E-state index contributed by atoms with van der Waals surface area (Å²) in [5, 5.41) is 3.91. The molecule has 7 aromatic rings. The summed E-state index contributed by atoms with van der Waals surface area (Å²) in [5.41, 5.74) is 13.8. The molecule has 0 fully saturated rings. The van der Waals surface area contributed by atoms with Gasteiger partial charge in [-0.3, -0.25) is 0 Å². The predicted molar refractivity (Wildman–Crippen MR) is 211 cm³/mol. The molecule has 6 aromatic carbocycles. The van der Waals surface area contributed by atoms with E-state index in [-0.39, 0.29) is 0 Å². The molecule has 1 aliphatic rings. The van der Waals surface area contributed by atoms with Crippen LogP contribution in [0.25, 0.3) is 33.9 Å². The number of aromatic nitrogens is 2. The van der Waals surface area contributed by atoms with Crippen molar-refractivity contribution in [2.75, 3.05) is 0 Å². The Morgan fingerprint density at radius 3 is 1.51 bits per heavy atom. The maximum Gasteiger partial charge on any atom is 0.142 e. The van der Waals surface area contributed by atoms with E-state index in [1.54, 1.807) is 0 Å². The standard InChI is InChI=1S/C47H40N4/c1-31-15-11-19-35(27-31)42-41(44-43(36-20-12-16-32(2)28-36)49-45(50-44)37-21-13-17-33(3)29-37)47(39-23-7-5-8-24-39,40-25-9-6-10-26-40)51-46(48-42)38-22-14-18-34(4)30-38/h5-30H,1-4H3,(H,48,51)(H,49,50). The van der Waals surface area contributed by atoms with E-state index in [1.807, 2.05) is 0 Å². The molecule has 0 saturated carbocycles. The van der Waals surface area contributed by atoms with Gasteiger partial charge in [0.1, 0.15) is 17.2 Å². The molecule has 0 unspecified atom stereocenters. The van der Waals surface area contributed by atoms with Crippen molar-refractivity contribution in [2.45, 2.75) is 33.2 Å². The van der Waals surface area contributed by atoms with Gasteiger partial charge < -0.3 is 10.3 Å². The van der Waals surface area contributed by atoms with Crippen molar-refractivity contribution < 1.29 is 0 Å². The molecule has 4 heteroatoms. The van der Waals surface area contributed by atoms with E-state index < -0.39 is 5.54 Å². The molecule has 0 radical (unpaired) electrons. The highest BCUT2D eigenvalue weighted by atomic mass is 15.1. The van der Waals surface area contributed by atoms with E-state index in [2.05, 4.69) is 196 Å². The van der Waals surface area contributed by atoms with Gasteiger partial charge in [0.15, 0.2) is 0 Å². The fraction of sp³-hybridized carbons (Fsp3) is 0.106. The van der Waals surface area contributed by atoms with Gasteiger partial charge in [-0.15, -0.1) is 0 Å². The predicted octanol–water partition coefficient (Wildman–Crippen LogP) is 10.8. The Kier molecular flexibility index (Phi) is 8.29. The molecule has 0 bridgehead atoms. The van der Waals surface area contributed by atoms with Crippen LogP contribution in [0.4, 0.5) is 0 Å². The zero-order valence-electron chi connectivity index (χ0n) is 29.4. The first-order valence-corrected chi connectivity index (χ1v) is 17.5. The third kappa shape index (κ3) is 6.00. The lowest BCUT2D eigenvalue weighted by Gasteiger charge is -2.40. The molecular weight excluding hydrogens is 621 g/mol. The average Bonchev–Trinajstić information content (AvgIpc) is 3.60. The first-order chi connectivity index (χ1) is 24.9. The number of aromatic amines is 1. The number of nitrogens with one attached hydrogen (secondary N) is 2. The fourth-order valence-electron chi connectivity index (χ4n) is 7.29. The summed E-state index contributed by atoms with van der Waals surface area (Å²) in [7, 11) is 0. The lowest BCUT2D eigenvalue weighted by molar-refractivity contribution is 0.691. The van der Waals surface area contributed by atoms with Gasteiger partial charge in [0.25, 0.3) is 0 Å². The zero-order valence-corrected chi connectivity index (χ0v) is 29.4. The molecule has 51 heavy (non-hydrogen) atoms. The number of hydrogen-bond donors (Lipinski definition) is 2. The van der Waals surface area contributed by atoms with Crippen LogP contribution in [-0.2, 0) is 5.54 Å². The van der Waals surface area contributed by atoms with Crippen LogP contribution in [-0.4, -0.2) is 15.8 Å². The lowest BCUT2D eigenvalue weighted by atomic mass is 9.72. The molecule has 8 rings (SSSR count). The highest BCUT2D eigenvalue weighted by Gasteiger charge is 2.46. The van der Waals surface area contributed by atoms with E-state index >= 15 is 0 Å². The molecule has 0 amide bonds. The summed E-state index contributed by atoms with van der Waals surface area (Å²) in [6.45, 7) is 8.53. The van der Waals surface area contributed by atoms with E-state index in [0.717, 1.165) is 67.7 Å². The van der Waals surface area contributed by atoms with E-state index in [9.17, 15) is 0 Å². The third-order valence-electron chi connectivity index (χ3n) is 9.65. The average molecular weight is 661 g/mol. The summed E-state index contributed by atoms with van der Waals surface area (Å²) >= 11 is 0. The normalized spacial score (nSPS) is 13.8. The molecular formula is C47H40N4. The van der Waals surface area contributed by atoms with Crippen molar-refractivity contribution in [1.82, 2.24) is 15.3 Å². The van der Waals surface area contributed by atoms with Crippen LogP contribution in [0.5, 0.6) is 0 Å². The van der Waals surface area contributed by atoms with Crippen LogP contribution in [0.3, 0.4) is 0 Å². The second-order valence-electron chi connectivity index (χ2n) is 13.6. The smallest absolute Gasteiger partial charge is 0.142 e. The van der Waals surface area contributed by atoms with Gasteiger partial charge in [-0.2, -0.15) is 0 Å². The Balaban J connectivity index is 1.55. The number of aliphatic imine (C=N–C) groups is 1. The number of amidine groups is 1. The number of nitrogens with zero attached hydrogens (tertiary/aromatic N) is 2.